The number of amides is 1. The van der Waals surface area contributed by atoms with Crippen LogP contribution in [0.3, 0.4) is 0 Å². The fourth-order valence-corrected chi connectivity index (χ4v) is 4.41. The Morgan fingerprint density at radius 1 is 1.29 bits per heavy atom. The van der Waals surface area contributed by atoms with Gasteiger partial charge >= 0.3 is 0 Å². The molecule has 0 unspecified atom stereocenters. The van der Waals surface area contributed by atoms with Gasteiger partial charge in [-0.15, -0.1) is 0 Å². The van der Waals surface area contributed by atoms with Crippen LogP contribution in [-0.4, -0.2) is 43.3 Å². The number of hydrogen-bond acceptors (Lipinski definition) is 3. The third-order valence-corrected chi connectivity index (χ3v) is 5.52. The molecular formula is C16H23NO3S. The van der Waals surface area contributed by atoms with Crippen LogP contribution in [0, 0.1) is 12.8 Å². The summed E-state index contributed by atoms with van der Waals surface area (Å²) in [5, 5.41) is 0. The third-order valence-electron chi connectivity index (χ3n) is 3.77. The van der Waals surface area contributed by atoms with Crippen LogP contribution in [0.5, 0.6) is 0 Å². The highest BCUT2D eigenvalue weighted by Gasteiger charge is 2.35. The first kappa shape index (κ1) is 16.0. The van der Waals surface area contributed by atoms with Gasteiger partial charge in [-0.05, 0) is 31.4 Å². The van der Waals surface area contributed by atoms with E-state index in [4.69, 9.17) is 0 Å². The molecule has 1 fully saturated rings. The lowest BCUT2D eigenvalue weighted by Gasteiger charge is -2.30. The summed E-state index contributed by atoms with van der Waals surface area (Å²) in [5.41, 5.74) is 1.73. The summed E-state index contributed by atoms with van der Waals surface area (Å²) in [5.74, 6) is 0.526. The molecule has 0 N–H and O–H groups in total. The fraction of sp³-hybridized carbons (Fsp3) is 0.562. The highest BCUT2D eigenvalue weighted by molar-refractivity contribution is 7.91. The Morgan fingerprint density at radius 3 is 2.38 bits per heavy atom. The molecule has 0 radical (unpaired) electrons. The zero-order valence-corrected chi connectivity index (χ0v) is 13.7. The van der Waals surface area contributed by atoms with Crippen molar-refractivity contribution in [2.24, 2.45) is 5.92 Å². The lowest BCUT2D eigenvalue weighted by Crippen LogP contribution is -2.43. The van der Waals surface area contributed by atoms with Crippen molar-refractivity contribution in [3.05, 3.63) is 35.4 Å². The third kappa shape index (κ3) is 4.06. The van der Waals surface area contributed by atoms with Gasteiger partial charge in [0, 0.05) is 18.2 Å². The molecule has 116 valence electrons. The van der Waals surface area contributed by atoms with E-state index < -0.39 is 9.84 Å². The molecule has 1 aromatic carbocycles. The summed E-state index contributed by atoms with van der Waals surface area (Å²) in [4.78, 5) is 14.5. The molecule has 5 heteroatoms. The lowest BCUT2D eigenvalue weighted by atomic mass is 10.1. The predicted octanol–water partition coefficient (Wildman–Crippen LogP) is 2.28. The molecule has 0 aromatic heterocycles. The Morgan fingerprint density at radius 2 is 1.90 bits per heavy atom. The van der Waals surface area contributed by atoms with Crippen molar-refractivity contribution in [2.75, 3.05) is 18.1 Å². The van der Waals surface area contributed by atoms with Crippen molar-refractivity contribution in [3.8, 4) is 0 Å². The predicted molar refractivity (Wildman–Crippen MR) is 84.1 cm³/mol. The first-order valence-electron chi connectivity index (χ1n) is 7.36. The smallest absolute Gasteiger partial charge is 0.254 e. The molecule has 0 bridgehead atoms. The van der Waals surface area contributed by atoms with E-state index >= 15 is 0 Å². The molecule has 1 aliphatic rings. The summed E-state index contributed by atoms with van der Waals surface area (Å²) in [7, 11) is -2.99. The number of benzene rings is 1. The van der Waals surface area contributed by atoms with Crippen molar-refractivity contribution in [3.63, 3.8) is 0 Å². The van der Waals surface area contributed by atoms with Crippen molar-refractivity contribution in [1.82, 2.24) is 4.90 Å². The number of nitrogens with zero attached hydrogens (tertiary/aromatic N) is 1. The zero-order valence-electron chi connectivity index (χ0n) is 12.9. The molecule has 1 saturated heterocycles. The van der Waals surface area contributed by atoms with Gasteiger partial charge in [-0.3, -0.25) is 4.79 Å². The van der Waals surface area contributed by atoms with E-state index in [0.717, 1.165) is 5.56 Å². The normalized spacial score (nSPS) is 20.7. The van der Waals surface area contributed by atoms with Crippen LogP contribution in [0.25, 0.3) is 0 Å². The average molecular weight is 309 g/mol. The molecule has 0 aliphatic carbocycles. The topological polar surface area (TPSA) is 54.5 Å². The van der Waals surface area contributed by atoms with E-state index in [9.17, 15) is 13.2 Å². The SMILES string of the molecule is Cc1ccc(C(=O)N(CC(C)C)[C@H]2CCS(=O)(=O)C2)cc1. The second kappa shape index (κ2) is 6.18. The number of rotatable bonds is 4. The van der Waals surface area contributed by atoms with Gasteiger partial charge in [-0.25, -0.2) is 8.42 Å². The van der Waals surface area contributed by atoms with Crippen LogP contribution < -0.4 is 0 Å². The number of carbonyl (C=O) groups is 1. The minimum absolute atomic E-state index is 0.0641. The Hall–Kier alpha value is -1.36. The maximum atomic E-state index is 12.7. The van der Waals surface area contributed by atoms with E-state index in [-0.39, 0.29) is 23.5 Å². The monoisotopic (exact) mass is 309 g/mol. The second-order valence-electron chi connectivity index (χ2n) is 6.27. The molecule has 2 rings (SSSR count). The highest BCUT2D eigenvalue weighted by Crippen LogP contribution is 2.21. The molecule has 1 aromatic rings. The summed E-state index contributed by atoms with van der Waals surface area (Å²) in [6.07, 6.45) is 0.548. The molecule has 1 amide bonds. The number of hydrogen-bond donors (Lipinski definition) is 0. The van der Waals surface area contributed by atoms with Gasteiger partial charge in [0.2, 0.25) is 0 Å². The number of carbonyl (C=O) groups excluding carboxylic acids is 1. The summed E-state index contributed by atoms with van der Waals surface area (Å²) < 4.78 is 23.4. The van der Waals surface area contributed by atoms with Gasteiger partial charge in [0.1, 0.15) is 0 Å². The van der Waals surface area contributed by atoms with Crippen LogP contribution in [0.1, 0.15) is 36.2 Å². The van der Waals surface area contributed by atoms with Crippen molar-refractivity contribution < 1.29 is 13.2 Å². The summed E-state index contributed by atoms with van der Waals surface area (Å²) >= 11 is 0. The van der Waals surface area contributed by atoms with Crippen LogP contribution in [0.4, 0.5) is 0 Å². The van der Waals surface area contributed by atoms with Gasteiger partial charge in [0.05, 0.1) is 11.5 Å². The number of aryl methyl sites for hydroxylation is 1. The number of sulfone groups is 1. The van der Waals surface area contributed by atoms with E-state index in [1.807, 2.05) is 45.0 Å². The van der Waals surface area contributed by atoms with Crippen LogP contribution in [0.15, 0.2) is 24.3 Å². The Bertz CT molecular complexity index is 605. The van der Waals surface area contributed by atoms with Crippen LogP contribution in [0.2, 0.25) is 0 Å². The van der Waals surface area contributed by atoms with E-state index in [2.05, 4.69) is 0 Å². The average Bonchev–Trinajstić information content (AvgIpc) is 2.76. The molecule has 4 nitrogen and oxygen atoms in total. The molecule has 0 spiro atoms. The fourth-order valence-electron chi connectivity index (χ4n) is 2.67. The first-order valence-corrected chi connectivity index (χ1v) is 9.19. The summed E-state index contributed by atoms with van der Waals surface area (Å²) in [6.45, 7) is 6.65. The van der Waals surface area contributed by atoms with E-state index in [0.29, 0.717) is 24.4 Å². The molecule has 1 aliphatic heterocycles. The maximum Gasteiger partial charge on any atom is 0.254 e. The molecule has 1 atom stereocenters. The second-order valence-corrected chi connectivity index (χ2v) is 8.50. The Kier molecular flexibility index (Phi) is 4.71. The quantitative estimate of drug-likeness (QED) is 0.857. The molecule has 1 heterocycles. The van der Waals surface area contributed by atoms with E-state index in [1.54, 1.807) is 4.90 Å². The lowest BCUT2D eigenvalue weighted by molar-refractivity contribution is 0.0672. The van der Waals surface area contributed by atoms with E-state index in [1.165, 1.54) is 0 Å². The van der Waals surface area contributed by atoms with Crippen LogP contribution >= 0.6 is 0 Å². The van der Waals surface area contributed by atoms with Crippen molar-refractivity contribution in [2.45, 2.75) is 33.2 Å². The zero-order chi connectivity index (χ0) is 15.6. The Balaban J connectivity index is 2.23. The molecule has 0 saturated carbocycles. The van der Waals surface area contributed by atoms with Gasteiger partial charge in [0.25, 0.3) is 5.91 Å². The molecular weight excluding hydrogens is 286 g/mol. The van der Waals surface area contributed by atoms with Crippen LogP contribution in [-0.2, 0) is 9.84 Å². The minimum Gasteiger partial charge on any atom is -0.334 e. The Labute approximate surface area is 127 Å². The highest BCUT2D eigenvalue weighted by atomic mass is 32.2. The largest absolute Gasteiger partial charge is 0.334 e. The van der Waals surface area contributed by atoms with Gasteiger partial charge in [-0.2, -0.15) is 0 Å². The van der Waals surface area contributed by atoms with Gasteiger partial charge in [0.15, 0.2) is 9.84 Å². The van der Waals surface area contributed by atoms with Gasteiger partial charge in [-0.1, -0.05) is 31.5 Å². The van der Waals surface area contributed by atoms with Crippen molar-refractivity contribution in [1.29, 1.82) is 0 Å². The molecule has 21 heavy (non-hydrogen) atoms. The minimum atomic E-state index is -2.99. The standard InChI is InChI=1S/C16H23NO3S/c1-12(2)10-17(15-8-9-21(19,20)11-15)16(18)14-6-4-13(3)5-7-14/h4-7,12,15H,8-11H2,1-3H3/t15-/m0/s1. The maximum absolute atomic E-state index is 12.7. The van der Waals surface area contributed by atoms with Crippen molar-refractivity contribution >= 4 is 15.7 Å². The first-order chi connectivity index (χ1) is 9.78. The van der Waals surface area contributed by atoms with Gasteiger partial charge < -0.3 is 4.90 Å². The summed E-state index contributed by atoms with van der Waals surface area (Å²) in [6, 6.07) is 7.26.